The molecular formula is C7H15N5S. The minimum absolute atomic E-state index is 0.0414. The van der Waals surface area contributed by atoms with Crippen molar-refractivity contribution in [2.24, 2.45) is 27.2 Å². The van der Waals surface area contributed by atoms with Gasteiger partial charge in [-0.2, -0.15) is 16.8 Å². The maximum atomic E-state index is 5.45. The van der Waals surface area contributed by atoms with Crippen LogP contribution in [0.4, 0.5) is 0 Å². The van der Waals surface area contributed by atoms with E-state index in [1.165, 1.54) is 18.6 Å². The van der Waals surface area contributed by atoms with Crippen LogP contribution in [0, 0.1) is 0 Å². The Morgan fingerprint density at radius 1 is 1.38 bits per heavy atom. The molecule has 1 rings (SSSR count). The van der Waals surface area contributed by atoms with Gasteiger partial charge in [0.15, 0.2) is 5.96 Å². The Balaban J connectivity index is 2.33. The normalized spacial score (nSPS) is 23.1. The molecule has 1 atom stereocenters. The summed E-state index contributed by atoms with van der Waals surface area (Å²) in [6.07, 6.45) is 2.48. The topological polar surface area (TPSA) is 103 Å². The van der Waals surface area contributed by atoms with Gasteiger partial charge >= 0.3 is 0 Å². The van der Waals surface area contributed by atoms with Crippen LogP contribution in [0.2, 0.25) is 0 Å². The molecule has 1 fully saturated rings. The largest absolute Gasteiger partial charge is 0.370 e. The molecule has 13 heavy (non-hydrogen) atoms. The second-order valence-corrected chi connectivity index (χ2v) is 4.28. The van der Waals surface area contributed by atoms with Gasteiger partial charge < -0.3 is 17.2 Å². The van der Waals surface area contributed by atoms with E-state index in [1.54, 1.807) is 0 Å². The van der Waals surface area contributed by atoms with E-state index >= 15 is 0 Å². The molecule has 0 bridgehead atoms. The highest BCUT2D eigenvalue weighted by molar-refractivity contribution is 8.00. The summed E-state index contributed by atoms with van der Waals surface area (Å²) in [6, 6.07) is 0. The number of guanidine groups is 2. The lowest BCUT2D eigenvalue weighted by molar-refractivity contribution is 0.786. The van der Waals surface area contributed by atoms with Gasteiger partial charge in [-0.15, -0.1) is 0 Å². The average molecular weight is 201 g/mol. The fourth-order valence-electron chi connectivity index (χ4n) is 1.15. The maximum Gasteiger partial charge on any atom is 0.218 e. The van der Waals surface area contributed by atoms with Crippen molar-refractivity contribution in [2.45, 2.75) is 18.1 Å². The van der Waals surface area contributed by atoms with Gasteiger partial charge in [-0.1, -0.05) is 0 Å². The van der Waals surface area contributed by atoms with Crippen molar-refractivity contribution in [3.8, 4) is 0 Å². The molecule has 0 spiro atoms. The van der Waals surface area contributed by atoms with Crippen LogP contribution in [-0.4, -0.2) is 29.5 Å². The van der Waals surface area contributed by atoms with Crippen LogP contribution < -0.4 is 17.2 Å². The molecule has 1 saturated heterocycles. The number of rotatable bonds is 2. The van der Waals surface area contributed by atoms with Crippen molar-refractivity contribution in [1.82, 2.24) is 0 Å². The molecule has 0 aromatic rings. The number of aliphatic imine (C=N–C) groups is 2. The molecule has 6 heteroatoms. The third kappa shape index (κ3) is 4.02. The smallest absolute Gasteiger partial charge is 0.218 e. The Bertz CT molecular complexity index is 215. The summed E-state index contributed by atoms with van der Waals surface area (Å²) in [5.41, 5.74) is 15.7. The standard InChI is InChI=1S/C7H15N5S/c8-6(9)12-7(10)11-4-5-2-1-3-13-5/h5H,1-4H2,(H6,8,9,10,11,12). The van der Waals surface area contributed by atoms with Crippen molar-refractivity contribution in [2.75, 3.05) is 12.3 Å². The van der Waals surface area contributed by atoms with E-state index in [-0.39, 0.29) is 11.9 Å². The van der Waals surface area contributed by atoms with E-state index in [4.69, 9.17) is 17.2 Å². The summed E-state index contributed by atoms with van der Waals surface area (Å²) in [7, 11) is 0. The van der Waals surface area contributed by atoms with Crippen LogP contribution in [0.5, 0.6) is 0 Å². The van der Waals surface area contributed by atoms with E-state index in [0.717, 1.165) is 0 Å². The van der Waals surface area contributed by atoms with E-state index in [1.807, 2.05) is 11.8 Å². The minimum Gasteiger partial charge on any atom is -0.370 e. The maximum absolute atomic E-state index is 5.45. The van der Waals surface area contributed by atoms with E-state index in [2.05, 4.69) is 9.98 Å². The number of hydrogen-bond donors (Lipinski definition) is 3. The molecule has 0 amide bonds. The minimum atomic E-state index is -0.0414. The van der Waals surface area contributed by atoms with E-state index < -0.39 is 0 Å². The molecule has 1 heterocycles. The molecule has 0 aromatic carbocycles. The molecule has 1 unspecified atom stereocenters. The van der Waals surface area contributed by atoms with Gasteiger partial charge in [-0.05, 0) is 18.6 Å². The zero-order valence-electron chi connectivity index (χ0n) is 7.44. The predicted octanol–water partition coefficient (Wildman–Crippen LogP) is -0.530. The first kappa shape index (κ1) is 10.2. The van der Waals surface area contributed by atoms with Gasteiger partial charge in [0.2, 0.25) is 5.96 Å². The Morgan fingerprint density at radius 3 is 2.69 bits per heavy atom. The van der Waals surface area contributed by atoms with E-state index in [9.17, 15) is 0 Å². The summed E-state index contributed by atoms with van der Waals surface area (Å²) >= 11 is 1.93. The van der Waals surface area contributed by atoms with Gasteiger partial charge in [-0.25, -0.2) is 0 Å². The molecule has 0 aliphatic carbocycles. The molecule has 0 saturated carbocycles. The SMILES string of the molecule is NC(N)=NC(N)=NCC1CCCS1. The fourth-order valence-corrected chi connectivity index (χ4v) is 2.33. The third-order valence-electron chi connectivity index (χ3n) is 1.72. The van der Waals surface area contributed by atoms with Crippen LogP contribution in [0.15, 0.2) is 9.98 Å². The number of hydrogen-bond acceptors (Lipinski definition) is 2. The Hall–Kier alpha value is -0.910. The van der Waals surface area contributed by atoms with Crippen LogP contribution in [0.25, 0.3) is 0 Å². The zero-order valence-corrected chi connectivity index (χ0v) is 8.26. The highest BCUT2D eigenvalue weighted by Gasteiger charge is 2.14. The van der Waals surface area contributed by atoms with Crippen molar-refractivity contribution >= 4 is 23.7 Å². The lowest BCUT2D eigenvalue weighted by atomic mass is 10.2. The third-order valence-corrected chi connectivity index (χ3v) is 3.11. The molecule has 5 nitrogen and oxygen atoms in total. The first-order chi connectivity index (χ1) is 6.18. The quantitative estimate of drug-likeness (QED) is 0.413. The number of nitrogens with zero attached hydrogens (tertiary/aromatic N) is 2. The average Bonchev–Trinajstić information content (AvgIpc) is 2.51. The molecule has 6 N–H and O–H groups in total. The fraction of sp³-hybridized carbons (Fsp3) is 0.714. The first-order valence-electron chi connectivity index (χ1n) is 4.19. The second-order valence-electron chi connectivity index (χ2n) is 2.87. The van der Waals surface area contributed by atoms with Gasteiger partial charge in [0, 0.05) is 5.25 Å². The molecule has 0 radical (unpaired) electrons. The van der Waals surface area contributed by atoms with Crippen LogP contribution in [0.1, 0.15) is 12.8 Å². The number of nitrogens with two attached hydrogens (primary N) is 3. The van der Waals surface area contributed by atoms with Crippen LogP contribution in [0.3, 0.4) is 0 Å². The van der Waals surface area contributed by atoms with E-state index in [0.29, 0.717) is 11.8 Å². The van der Waals surface area contributed by atoms with Gasteiger partial charge in [-0.3, -0.25) is 4.99 Å². The molecule has 0 aromatic heterocycles. The predicted molar refractivity (Wildman–Crippen MR) is 57.8 cm³/mol. The lowest BCUT2D eigenvalue weighted by Gasteiger charge is -2.02. The highest BCUT2D eigenvalue weighted by atomic mass is 32.2. The zero-order chi connectivity index (χ0) is 9.68. The Morgan fingerprint density at radius 2 is 2.15 bits per heavy atom. The summed E-state index contributed by atoms with van der Waals surface area (Å²) in [4.78, 5) is 7.70. The molecular weight excluding hydrogens is 186 g/mol. The second kappa shape index (κ2) is 4.96. The molecule has 74 valence electrons. The summed E-state index contributed by atoms with van der Waals surface area (Å²) in [6.45, 7) is 0.716. The van der Waals surface area contributed by atoms with Crippen molar-refractivity contribution in [3.63, 3.8) is 0 Å². The van der Waals surface area contributed by atoms with Crippen molar-refractivity contribution < 1.29 is 0 Å². The molecule has 1 aliphatic rings. The lowest BCUT2D eigenvalue weighted by Crippen LogP contribution is -2.26. The van der Waals surface area contributed by atoms with Crippen molar-refractivity contribution in [1.29, 1.82) is 0 Å². The van der Waals surface area contributed by atoms with Crippen LogP contribution >= 0.6 is 11.8 Å². The van der Waals surface area contributed by atoms with Crippen LogP contribution in [-0.2, 0) is 0 Å². The van der Waals surface area contributed by atoms with Crippen molar-refractivity contribution in [3.05, 3.63) is 0 Å². The van der Waals surface area contributed by atoms with Gasteiger partial charge in [0.25, 0.3) is 0 Å². The summed E-state index contributed by atoms with van der Waals surface area (Å²) in [5, 5.41) is 0.591. The van der Waals surface area contributed by atoms with Gasteiger partial charge in [0.05, 0.1) is 6.54 Å². The first-order valence-corrected chi connectivity index (χ1v) is 5.24. The summed E-state index contributed by atoms with van der Waals surface area (Å²) < 4.78 is 0. The highest BCUT2D eigenvalue weighted by Crippen LogP contribution is 2.25. The monoisotopic (exact) mass is 201 g/mol. The Kier molecular flexibility index (Phi) is 3.88. The summed E-state index contributed by atoms with van der Waals surface area (Å²) in [5.74, 6) is 1.36. The Labute approximate surface area is 81.9 Å². The molecule has 1 aliphatic heterocycles. The van der Waals surface area contributed by atoms with Gasteiger partial charge in [0.1, 0.15) is 0 Å². The number of thioether (sulfide) groups is 1.